The van der Waals surface area contributed by atoms with E-state index in [4.69, 9.17) is 24.4 Å². The quantitative estimate of drug-likeness (QED) is 0.154. The molecule has 8 aromatic carbocycles. The van der Waals surface area contributed by atoms with Gasteiger partial charge in [0, 0.05) is 38.8 Å². The molecule has 61 heavy (non-hydrogen) atoms. The Morgan fingerprint density at radius 1 is 0.279 bits per heavy atom. The molecule has 5 nitrogen and oxygen atoms in total. The summed E-state index contributed by atoms with van der Waals surface area (Å²) in [6.07, 6.45) is 0. The smallest absolute Gasteiger partial charge is 0.164 e. The van der Waals surface area contributed by atoms with E-state index in [1.165, 1.54) is 0 Å². The Bertz CT molecular complexity index is 3190. The number of pyridine rings is 1. The second-order valence-electron chi connectivity index (χ2n) is 15.0. The van der Waals surface area contributed by atoms with Gasteiger partial charge in [-0.3, -0.25) is 0 Å². The molecule has 11 aromatic rings. The Morgan fingerprint density at radius 3 is 1.11 bits per heavy atom. The van der Waals surface area contributed by atoms with E-state index in [1.54, 1.807) is 0 Å². The molecule has 0 saturated carbocycles. The lowest BCUT2D eigenvalue weighted by Crippen LogP contribution is -2.00. The Morgan fingerprint density at radius 2 is 0.639 bits per heavy atom. The molecule has 3 heterocycles. The van der Waals surface area contributed by atoms with Crippen LogP contribution in [0.3, 0.4) is 0 Å². The van der Waals surface area contributed by atoms with E-state index in [2.05, 4.69) is 164 Å². The van der Waals surface area contributed by atoms with E-state index in [0.717, 1.165) is 94.5 Å². The van der Waals surface area contributed by atoms with Crippen molar-refractivity contribution in [2.75, 3.05) is 0 Å². The maximum absolute atomic E-state index is 6.92. The van der Waals surface area contributed by atoms with Crippen molar-refractivity contribution in [3.05, 3.63) is 218 Å². The molecule has 0 fully saturated rings. The number of aromatic nitrogens is 4. The maximum Gasteiger partial charge on any atom is 0.164 e. The summed E-state index contributed by atoms with van der Waals surface area (Å²) in [4.78, 5) is 20.6. The van der Waals surface area contributed by atoms with Gasteiger partial charge in [-0.2, -0.15) is 0 Å². The van der Waals surface area contributed by atoms with Crippen molar-refractivity contribution >= 4 is 21.9 Å². The number of para-hydroxylation sites is 1. The maximum atomic E-state index is 6.92. The van der Waals surface area contributed by atoms with Crippen LogP contribution >= 0.6 is 0 Å². The molecule has 0 saturated heterocycles. The Kier molecular flexibility index (Phi) is 9.10. The predicted octanol–water partition coefficient (Wildman–Crippen LogP) is 14.5. The molecule has 0 unspecified atom stereocenters. The van der Waals surface area contributed by atoms with E-state index in [9.17, 15) is 0 Å². The van der Waals surface area contributed by atoms with Gasteiger partial charge in [0.05, 0.1) is 16.6 Å². The van der Waals surface area contributed by atoms with Crippen LogP contribution in [0.15, 0.2) is 223 Å². The van der Waals surface area contributed by atoms with Gasteiger partial charge < -0.3 is 4.42 Å². The zero-order valence-corrected chi connectivity index (χ0v) is 33.0. The monoisotopic (exact) mass is 780 g/mol. The van der Waals surface area contributed by atoms with E-state index in [-0.39, 0.29) is 0 Å². The summed E-state index contributed by atoms with van der Waals surface area (Å²) < 4.78 is 6.92. The summed E-state index contributed by atoms with van der Waals surface area (Å²) in [5.41, 5.74) is 13.8. The van der Waals surface area contributed by atoms with Crippen LogP contribution in [0.1, 0.15) is 0 Å². The summed E-state index contributed by atoms with van der Waals surface area (Å²) in [5.74, 6) is 2.61. The van der Waals surface area contributed by atoms with Crippen LogP contribution in [0.5, 0.6) is 0 Å². The third kappa shape index (κ3) is 6.84. The number of furan rings is 1. The molecule has 0 bridgehead atoms. The molecular weight excluding hydrogens is 745 g/mol. The molecule has 5 heteroatoms. The molecule has 0 atom stereocenters. The van der Waals surface area contributed by atoms with Crippen LogP contribution in [0.2, 0.25) is 0 Å². The zero-order valence-electron chi connectivity index (χ0n) is 33.0. The average Bonchev–Trinajstić information content (AvgIpc) is 3.76. The van der Waals surface area contributed by atoms with Gasteiger partial charge in [-0.25, -0.2) is 19.9 Å². The lowest BCUT2D eigenvalue weighted by atomic mass is 9.94. The van der Waals surface area contributed by atoms with Crippen molar-refractivity contribution in [1.29, 1.82) is 0 Å². The van der Waals surface area contributed by atoms with E-state index in [0.29, 0.717) is 17.5 Å². The van der Waals surface area contributed by atoms with Crippen LogP contribution in [0, 0.1) is 0 Å². The van der Waals surface area contributed by atoms with E-state index in [1.807, 2.05) is 54.6 Å². The minimum atomic E-state index is 0.585. The topological polar surface area (TPSA) is 64.7 Å². The number of nitrogens with zero attached hydrogens (tertiary/aromatic N) is 4. The highest BCUT2D eigenvalue weighted by Crippen LogP contribution is 2.46. The van der Waals surface area contributed by atoms with Crippen LogP contribution in [-0.4, -0.2) is 19.9 Å². The highest BCUT2D eigenvalue weighted by Gasteiger charge is 2.24. The second kappa shape index (κ2) is 15.5. The van der Waals surface area contributed by atoms with Gasteiger partial charge in [0.25, 0.3) is 0 Å². The van der Waals surface area contributed by atoms with Crippen molar-refractivity contribution in [2.45, 2.75) is 0 Å². The summed E-state index contributed by atoms with van der Waals surface area (Å²) >= 11 is 0. The van der Waals surface area contributed by atoms with Crippen molar-refractivity contribution in [1.82, 2.24) is 19.9 Å². The van der Waals surface area contributed by atoms with Gasteiger partial charge in [0.2, 0.25) is 0 Å². The minimum Gasteiger partial charge on any atom is -0.455 e. The number of fused-ring (bicyclic) bond motifs is 3. The van der Waals surface area contributed by atoms with Crippen molar-refractivity contribution < 1.29 is 4.42 Å². The molecule has 3 aromatic heterocycles. The van der Waals surface area contributed by atoms with Crippen molar-refractivity contribution in [3.8, 4) is 90.1 Å². The molecule has 0 spiro atoms. The molecule has 0 aliphatic heterocycles. The molecule has 0 N–H and O–H groups in total. The first-order valence-electron chi connectivity index (χ1n) is 20.4. The van der Waals surface area contributed by atoms with Crippen molar-refractivity contribution in [3.63, 3.8) is 0 Å². The fourth-order valence-corrected chi connectivity index (χ4v) is 8.09. The second-order valence-corrected chi connectivity index (χ2v) is 15.0. The van der Waals surface area contributed by atoms with Gasteiger partial charge in [-0.1, -0.05) is 206 Å². The SMILES string of the molecule is c1ccc(-c2ccc(-c3nc(-c4ccc(-c5ccccc5)cc4)nc(-c4ccc(-c5nc6ccccc6c6oc(-c7ccccc7)c(-c7ccccc7)c56)cc4)n3)cc2)cc1. The molecule has 0 amide bonds. The first-order chi connectivity index (χ1) is 30.2. The van der Waals surface area contributed by atoms with Crippen molar-refractivity contribution in [2.24, 2.45) is 0 Å². The molecular formula is C56H36N4O. The standard InChI is InChI=1S/C56H36N4O/c1-5-15-37(16-6-1)39-25-31-44(32-26-39)54-58-55(45-33-27-40(28-34-45)38-17-7-2-8-18-38)60-56(59-54)46-35-29-42(30-36-46)51-50-49(41-19-9-3-10-20-41)52(43-21-11-4-12-22-43)61-53(50)47-23-13-14-24-48(47)57-51/h1-36H. The number of hydrogen-bond donors (Lipinski definition) is 0. The Labute approximate surface area is 353 Å². The third-order valence-electron chi connectivity index (χ3n) is 11.2. The predicted molar refractivity (Wildman–Crippen MR) is 248 cm³/mol. The summed E-state index contributed by atoms with van der Waals surface area (Å²) in [5, 5.41) is 1.94. The first kappa shape index (κ1) is 35.8. The highest BCUT2D eigenvalue weighted by molar-refractivity contribution is 6.16. The molecule has 11 rings (SSSR count). The van der Waals surface area contributed by atoms with Crippen LogP contribution in [0.25, 0.3) is 112 Å². The average molecular weight is 781 g/mol. The van der Waals surface area contributed by atoms with Crippen LogP contribution < -0.4 is 0 Å². The fourth-order valence-electron chi connectivity index (χ4n) is 8.09. The van der Waals surface area contributed by atoms with Gasteiger partial charge >= 0.3 is 0 Å². The summed E-state index contributed by atoms with van der Waals surface area (Å²) in [6.45, 7) is 0. The molecule has 0 radical (unpaired) electrons. The first-order valence-corrected chi connectivity index (χ1v) is 20.4. The minimum absolute atomic E-state index is 0.585. The largest absolute Gasteiger partial charge is 0.455 e. The molecule has 286 valence electrons. The Hall–Kier alpha value is -8.28. The van der Waals surface area contributed by atoms with Gasteiger partial charge in [-0.05, 0) is 39.9 Å². The van der Waals surface area contributed by atoms with Gasteiger partial charge in [-0.15, -0.1) is 0 Å². The molecule has 0 aliphatic rings. The van der Waals surface area contributed by atoms with Crippen LogP contribution in [-0.2, 0) is 0 Å². The molecule has 0 aliphatic carbocycles. The third-order valence-corrected chi connectivity index (χ3v) is 11.2. The van der Waals surface area contributed by atoms with Gasteiger partial charge in [0.15, 0.2) is 17.5 Å². The number of benzene rings is 8. The highest BCUT2D eigenvalue weighted by atomic mass is 16.3. The lowest BCUT2D eigenvalue weighted by molar-refractivity contribution is 0.636. The van der Waals surface area contributed by atoms with E-state index < -0.39 is 0 Å². The van der Waals surface area contributed by atoms with Gasteiger partial charge in [0.1, 0.15) is 11.3 Å². The fraction of sp³-hybridized carbons (Fsp3) is 0. The lowest BCUT2D eigenvalue weighted by Gasteiger charge is -2.11. The number of hydrogen-bond acceptors (Lipinski definition) is 5. The zero-order chi connectivity index (χ0) is 40.5. The Balaban J connectivity index is 1.05. The normalized spacial score (nSPS) is 11.3. The summed E-state index contributed by atoms with van der Waals surface area (Å²) in [7, 11) is 0. The summed E-state index contributed by atoms with van der Waals surface area (Å²) in [6, 6.07) is 74.9. The van der Waals surface area contributed by atoms with Crippen LogP contribution in [0.4, 0.5) is 0 Å². The van der Waals surface area contributed by atoms with E-state index >= 15 is 0 Å². The number of rotatable bonds is 8.